The first-order valence-corrected chi connectivity index (χ1v) is 13.7. The number of nitrogens with zero attached hydrogens (tertiary/aromatic N) is 2. The number of nitrogens with two attached hydrogens (primary N) is 1. The number of amides is 1. The predicted octanol–water partition coefficient (Wildman–Crippen LogP) is -1.60. The van der Waals surface area contributed by atoms with Crippen molar-refractivity contribution >= 4 is 43.2 Å². The third-order valence-corrected chi connectivity index (χ3v) is 7.22. The van der Waals surface area contributed by atoms with E-state index in [2.05, 4.69) is 34.6 Å². The van der Waals surface area contributed by atoms with Crippen molar-refractivity contribution in [3.8, 4) is 11.1 Å². The van der Waals surface area contributed by atoms with Gasteiger partial charge in [0.05, 0.1) is 10.2 Å². The molecule has 0 saturated heterocycles. The van der Waals surface area contributed by atoms with Crippen LogP contribution in [0.3, 0.4) is 0 Å². The lowest BCUT2D eigenvalue weighted by atomic mass is 10.0. The third-order valence-electron chi connectivity index (χ3n) is 4.89. The number of carbonyl (C=O) groups excluding carboxylic acids is 1. The fourth-order valence-corrected chi connectivity index (χ4v) is 5.12. The van der Waals surface area contributed by atoms with Crippen molar-refractivity contribution in [3.05, 3.63) is 72.1 Å². The number of rotatable bonds is 5. The second-order valence-electron chi connectivity index (χ2n) is 7.61. The van der Waals surface area contributed by atoms with Gasteiger partial charge in [-0.15, -0.1) is 21.6 Å². The van der Waals surface area contributed by atoms with Gasteiger partial charge in [0.1, 0.15) is 0 Å². The van der Waals surface area contributed by atoms with Crippen LogP contribution < -0.4 is 33.7 Å². The molecule has 0 spiro atoms. The molecule has 36 heavy (non-hydrogen) atoms. The number of thiazole rings is 1. The van der Waals surface area contributed by atoms with E-state index in [4.69, 9.17) is 23.8 Å². The molecule has 0 atom stereocenters. The Hall–Kier alpha value is -3.01. The molecule has 2 aromatic heterocycles. The summed E-state index contributed by atoms with van der Waals surface area (Å²) in [6.45, 7) is 4.12. The van der Waals surface area contributed by atoms with E-state index in [1.807, 2.05) is 36.6 Å². The van der Waals surface area contributed by atoms with Crippen LogP contribution in [0.2, 0.25) is 0 Å². The number of nitrogens with one attached hydrogen (secondary N) is 1. The molecule has 0 fully saturated rings. The number of primary sulfonamides is 1. The Labute approximate surface area is 212 Å². The quantitative estimate of drug-likeness (QED) is 0.276. The van der Waals surface area contributed by atoms with E-state index >= 15 is 0 Å². The molecule has 4 aromatic rings. The maximum atomic E-state index is 12.7. The minimum absolute atomic E-state index is 0.147. The Morgan fingerprint density at radius 2 is 1.58 bits per heavy atom. The normalized spacial score (nSPS) is 11.6. The number of pyridine rings is 1. The van der Waals surface area contributed by atoms with E-state index in [1.165, 1.54) is 0 Å². The number of aryl methyl sites for hydroxylation is 2. The number of hydrogen-bond acceptors (Lipinski definition) is 9. The fourth-order valence-electron chi connectivity index (χ4n) is 3.42. The zero-order valence-electron chi connectivity index (χ0n) is 19.0. The monoisotopic (exact) mass is 552 g/mol. The Morgan fingerprint density at radius 3 is 2.14 bits per heavy atom. The number of halogens is 1. The molecule has 0 saturated carbocycles. The molecule has 0 bridgehead atoms. The molecule has 2 aromatic carbocycles. The maximum absolute atomic E-state index is 12.7. The first-order valence-electron chi connectivity index (χ1n) is 10.1. The highest BCUT2D eigenvalue weighted by molar-refractivity contribution is 7.91. The average Bonchev–Trinajstić information content (AvgIpc) is 3.20. The van der Waals surface area contributed by atoms with Gasteiger partial charge in [0.2, 0.25) is 10.9 Å². The minimum atomic E-state index is -4.94. The Kier molecular flexibility index (Phi) is 8.38. The van der Waals surface area contributed by atoms with E-state index in [1.54, 1.807) is 18.2 Å². The van der Waals surface area contributed by atoms with Gasteiger partial charge in [0.15, 0.2) is 11.4 Å². The van der Waals surface area contributed by atoms with E-state index in [0.29, 0.717) is 15.9 Å². The summed E-state index contributed by atoms with van der Waals surface area (Å²) in [5, 5.41) is 8.02. The second kappa shape index (κ2) is 10.9. The zero-order chi connectivity index (χ0) is 26.7. The van der Waals surface area contributed by atoms with Gasteiger partial charge in [-0.25, -0.2) is 37.2 Å². The molecule has 11 nitrogen and oxygen atoms in total. The summed E-state index contributed by atoms with van der Waals surface area (Å²) >= 11 is 0.973. The van der Waals surface area contributed by atoms with Gasteiger partial charge >= 0.3 is 0 Å². The molecule has 1 amide bonds. The van der Waals surface area contributed by atoms with Crippen molar-refractivity contribution in [1.29, 1.82) is 0 Å². The second-order valence-corrected chi connectivity index (χ2v) is 11.1. The largest absolute Gasteiger partial charge is 0.321 e. The van der Waals surface area contributed by atoms with Gasteiger partial charge in [-0.1, -0.05) is 30.3 Å². The minimum Gasteiger partial charge on any atom is -0.321 e. The number of sulfonamides is 1. The highest BCUT2D eigenvalue weighted by Gasteiger charge is 2.19. The maximum Gasteiger partial charge on any atom is 0.290 e. The van der Waals surface area contributed by atoms with Crippen LogP contribution in [0, 0.1) is 24.1 Å². The topological polar surface area (TPSA) is 198 Å². The number of anilines is 1. The van der Waals surface area contributed by atoms with Crippen LogP contribution >= 0.6 is 11.3 Å². The molecule has 2 heterocycles. The van der Waals surface area contributed by atoms with Gasteiger partial charge in [-0.2, -0.15) is 4.57 Å². The van der Waals surface area contributed by atoms with Crippen LogP contribution in [-0.4, -0.2) is 19.3 Å². The lowest BCUT2D eigenvalue weighted by molar-refractivity contribution is -2.00. The van der Waals surface area contributed by atoms with E-state index in [0.717, 1.165) is 33.9 Å². The van der Waals surface area contributed by atoms with Crippen LogP contribution in [0.1, 0.15) is 11.4 Å². The van der Waals surface area contributed by atoms with Crippen molar-refractivity contribution in [2.45, 2.75) is 24.7 Å². The number of hydrogen-bond donors (Lipinski definition) is 2. The van der Waals surface area contributed by atoms with Gasteiger partial charge in [-0.05, 0) is 29.3 Å². The Morgan fingerprint density at radius 1 is 1.00 bits per heavy atom. The highest BCUT2D eigenvalue weighted by Crippen LogP contribution is 2.27. The van der Waals surface area contributed by atoms with Crippen LogP contribution in [0.15, 0.2) is 65.0 Å². The van der Waals surface area contributed by atoms with Gasteiger partial charge in [0.25, 0.3) is 15.9 Å². The van der Waals surface area contributed by atoms with Crippen molar-refractivity contribution in [2.24, 2.45) is 5.14 Å². The number of aromatic nitrogens is 2. The molecule has 0 aliphatic rings. The molecule has 3 N–H and O–H groups in total. The number of carbonyl (C=O) groups is 1. The van der Waals surface area contributed by atoms with E-state index in [-0.39, 0.29) is 16.8 Å². The van der Waals surface area contributed by atoms with Crippen LogP contribution in [-0.2, 0) is 21.4 Å². The molecule has 14 heteroatoms. The summed E-state index contributed by atoms with van der Waals surface area (Å²) in [6.07, 6.45) is 0. The SMILES string of the molecule is Cc1cc(-c2ccccc2)cc(C)[n+]1CC(=O)Nc1ccc2nc(S(N)(=O)=O)sc2c1.[O-][Cl+3]([O-])([O-])[O-]. The van der Waals surface area contributed by atoms with Crippen molar-refractivity contribution in [3.63, 3.8) is 0 Å². The zero-order valence-corrected chi connectivity index (χ0v) is 21.4. The Balaban J connectivity index is 0.000000658. The molecule has 0 aliphatic heterocycles. The summed E-state index contributed by atoms with van der Waals surface area (Å²) in [6, 6.07) is 19.3. The first kappa shape index (κ1) is 27.6. The van der Waals surface area contributed by atoms with Crippen molar-refractivity contribution in [2.75, 3.05) is 5.32 Å². The number of fused-ring (bicyclic) bond motifs is 1. The van der Waals surface area contributed by atoms with Crippen LogP contribution in [0.5, 0.6) is 0 Å². The lowest BCUT2D eigenvalue weighted by Gasteiger charge is -2.17. The van der Waals surface area contributed by atoms with Gasteiger partial charge < -0.3 is 5.32 Å². The van der Waals surface area contributed by atoms with Crippen LogP contribution in [0.4, 0.5) is 5.69 Å². The molecule has 190 valence electrons. The van der Waals surface area contributed by atoms with Crippen molar-refractivity contribution < 1.29 is 46.7 Å². The van der Waals surface area contributed by atoms with Gasteiger partial charge in [0, 0.05) is 31.7 Å². The summed E-state index contributed by atoms with van der Waals surface area (Å²) in [5.41, 5.74) is 5.27. The predicted molar refractivity (Wildman–Crippen MR) is 121 cm³/mol. The molecule has 0 radical (unpaired) electrons. The summed E-state index contributed by atoms with van der Waals surface area (Å²) in [7, 11) is -8.80. The summed E-state index contributed by atoms with van der Waals surface area (Å²) in [4.78, 5) is 16.7. The van der Waals surface area contributed by atoms with Crippen molar-refractivity contribution in [1.82, 2.24) is 4.98 Å². The van der Waals surface area contributed by atoms with E-state index in [9.17, 15) is 13.2 Å². The molecule has 0 aliphatic carbocycles. The third kappa shape index (κ3) is 7.74. The Bertz CT molecular complexity index is 1480. The molecule has 4 rings (SSSR count). The molecule has 0 unspecified atom stereocenters. The van der Waals surface area contributed by atoms with Gasteiger partial charge in [-0.3, -0.25) is 4.79 Å². The summed E-state index contributed by atoms with van der Waals surface area (Å²) in [5.74, 6) is -0.181. The number of benzene rings is 2. The molecular weight excluding hydrogens is 532 g/mol. The smallest absolute Gasteiger partial charge is 0.290 e. The first-order chi connectivity index (χ1) is 16.7. The van der Waals surface area contributed by atoms with E-state index < -0.39 is 20.3 Å². The average molecular weight is 553 g/mol. The highest BCUT2D eigenvalue weighted by atomic mass is 35.7. The fraction of sp³-hybridized carbons (Fsp3) is 0.136. The molecular formula is C22H21ClN4O7S2. The van der Waals surface area contributed by atoms with Crippen LogP contribution in [0.25, 0.3) is 21.3 Å². The summed E-state index contributed by atoms with van der Waals surface area (Å²) < 4.78 is 59.4. The lowest BCUT2D eigenvalue weighted by Crippen LogP contribution is -2.68. The standard InChI is InChI=1S/C22H20N4O3S2.ClHO4/c1-14-10-17(16-6-4-3-5-7-16)11-15(2)26(14)13-21(27)24-18-8-9-19-20(12-18)30-22(25-19)31(23,28)29;2-1(3,4)5/h3-12H,13H2,1-2H3,(H2-,23,24,27,28,29);(H,2,3,4,5).